The number of hydrogen-bond acceptors (Lipinski definition) is 4. The molecule has 0 aliphatic rings. The molecule has 0 unspecified atom stereocenters. The summed E-state index contributed by atoms with van der Waals surface area (Å²) >= 11 is 0. The fourth-order valence-corrected chi connectivity index (χ4v) is 4.06. The van der Waals surface area contributed by atoms with Crippen LogP contribution in [0.3, 0.4) is 0 Å². The average Bonchev–Trinajstić information content (AvgIpc) is 3.29. The van der Waals surface area contributed by atoms with Crippen LogP contribution < -0.4 is 5.73 Å². The van der Waals surface area contributed by atoms with Gasteiger partial charge < -0.3 is 15.2 Å². The molecule has 0 saturated heterocycles. The van der Waals surface area contributed by atoms with E-state index >= 15 is 0 Å². The molecule has 1 aromatic heterocycles. The molecule has 2 aromatic rings. The number of nitrogens with two attached hydrogens (primary N) is 1. The Hall–Kier alpha value is -2.37. The van der Waals surface area contributed by atoms with Crippen molar-refractivity contribution < 1.29 is 4.52 Å². The van der Waals surface area contributed by atoms with Crippen LogP contribution in [0.1, 0.15) is 109 Å². The summed E-state index contributed by atoms with van der Waals surface area (Å²) in [5.41, 5.74) is 8.02. The number of unbranched alkanes of at least 4 members (excludes halogenated alkanes) is 9. The van der Waals surface area contributed by atoms with Gasteiger partial charge in [0.25, 0.3) is 0 Å². The molecule has 0 aliphatic heterocycles. The van der Waals surface area contributed by atoms with Crippen LogP contribution in [0.15, 0.2) is 28.8 Å². The summed E-state index contributed by atoms with van der Waals surface area (Å²) in [5, 5.41) is 11.9. The Morgan fingerprint density at radius 3 is 2.09 bits per heavy atom. The second-order valence-electron chi connectivity index (χ2n) is 8.84. The van der Waals surface area contributed by atoms with E-state index in [1.165, 1.54) is 69.8 Å². The van der Waals surface area contributed by atoms with Crippen molar-refractivity contribution in [2.45, 2.75) is 104 Å². The van der Waals surface area contributed by atoms with Crippen LogP contribution in [0.2, 0.25) is 0 Å². The third kappa shape index (κ3) is 8.64. The Morgan fingerprint density at radius 2 is 1.53 bits per heavy atom. The van der Waals surface area contributed by atoms with Crippen LogP contribution in [0.5, 0.6) is 0 Å². The summed E-state index contributed by atoms with van der Waals surface area (Å²) < 4.78 is 5.47. The molecule has 0 bridgehead atoms. The molecule has 0 aliphatic carbocycles. The molecule has 0 radical (unpaired) electrons. The molecule has 1 aromatic carbocycles. The molecule has 2 rings (SSSR count). The van der Waals surface area contributed by atoms with Crippen LogP contribution in [-0.4, -0.2) is 27.5 Å². The molecule has 1 heterocycles. The Labute approximate surface area is 194 Å². The quantitative estimate of drug-likeness (QED) is 0.168. The summed E-state index contributed by atoms with van der Waals surface area (Å²) in [7, 11) is 0. The molecule has 1 atom stereocenters. The van der Waals surface area contributed by atoms with Crippen molar-refractivity contribution in [2.75, 3.05) is 6.54 Å². The lowest BCUT2D eigenvalue weighted by Crippen LogP contribution is -2.39. The van der Waals surface area contributed by atoms with Gasteiger partial charge in [0.05, 0.1) is 0 Å². The first-order valence-corrected chi connectivity index (χ1v) is 12.6. The summed E-state index contributed by atoms with van der Waals surface area (Å²) in [4.78, 5) is 6.32. The molecule has 0 fully saturated rings. The van der Waals surface area contributed by atoms with Crippen LogP contribution in [0.4, 0.5) is 0 Å². The van der Waals surface area contributed by atoms with Crippen molar-refractivity contribution in [1.82, 2.24) is 15.0 Å². The smallest absolute Gasteiger partial charge is 0.249 e. The Bertz CT molecular complexity index is 771. The van der Waals surface area contributed by atoms with Gasteiger partial charge in [-0.3, -0.25) is 5.41 Å². The lowest BCUT2D eigenvalue weighted by Gasteiger charge is -2.26. The Balaban J connectivity index is 1.74. The van der Waals surface area contributed by atoms with E-state index in [-0.39, 0.29) is 12.0 Å². The van der Waals surface area contributed by atoms with Crippen LogP contribution in [0.25, 0.3) is 11.4 Å². The molecule has 6 heteroatoms. The van der Waals surface area contributed by atoms with E-state index in [4.69, 9.17) is 15.7 Å². The topological polar surface area (TPSA) is 92.0 Å². The first kappa shape index (κ1) is 25.9. The predicted octanol–water partition coefficient (Wildman–Crippen LogP) is 6.87. The van der Waals surface area contributed by atoms with Crippen molar-refractivity contribution in [2.24, 2.45) is 5.73 Å². The Kier molecular flexibility index (Phi) is 11.8. The summed E-state index contributed by atoms with van der Waals surface area (Å²) in [5.74, 6) is 1.09. The standard InChI is InChI=1S/C26H43N5O/c1-4-6-7-8-9-10-11-12-13-14-15-22-16-18-23(19-17-22)24-29-25(32-30-24)21(3)31(20-5-2)26(27)28/h16-19,21H,4-15,20H2,1-3H3,(H3,27,28)/t21-/m0/s1. The monoisotopic (exact) mass is 441 g/mol. The number of guanidine groups is 1. The van der Waals surface area contributed by atoms with E-state index in [9.17, 15) is 0 Å². The molecule has 178 valence electrons. The first-order valence-electron chi connectivity index (χ1n) is 12.6. The van der Waals surface area contributed by atoms with Crippen molar-refractivity contribution in [1.29, 1.82) is 5.41 Å². The van der Waals surface area contributed by atoms with Crippen LogP contribution >= 0.6 is 0 Å². The normalized spacial score (nSPS) is 12.1. The van der Waals surface area contributed by atoms with Gasteiger partial charge in [-0.15, -0.1) is 0 Å². The number of benzene rings is 1. The average molecular weight is 442 g/mol. The number of aromatic nitrogens is 2. The highest BCUT2D eigenvalue weighted by atomic mass is 16.5. The maximum atomic E-state index is 7.78. The van der Waals surface area contributed by atoms with Gasteiger partial charge in [-0.1, -0.05) is 101 Å². The second-order valence-corrected chi connectivity index (χ2v) is 8.84. The summed E-state index contributed by atoms with van der Waals surface area (Å²) in [6, 6.07) is 8.26. The molecular formula is C26H43N5O. The minimum atomic E-state index is -0.218. The molecule has 6 nitrogen and oxygen atoms in total. The summed E-state index contributed by atoms with van der Waals surface area (Å²) in [6.07, 6.45) is 15.6. The van der Waals surface area contributed by atoms with Crippen molar-refractivity contribution >= 4 is 5.96 Å². The van der Waals surface area contributed by atoms with E-state index in [0.717, 1.165) is 18.4 Å². The zero-order valence-corrected chi connectivity index (χ0v) is 20.4. The number of rotatable bonds is 16. The lowest BCUT2D eigenvalue weighted by molar-refractivity contribution is 0.254. The van der Waals surface area contributed by atoms with E-state index in [1.807, 2.05) is 6.92 Å². The van der Waals surface area contributed by atoms with Gasteiger partial charge in [0.1, 0.15) is 6.04 Å². The highest BCUT2D eigenvalue weighted by molar-refractivity contribution is 5.75. The van der Waals surface area contributed by atoms with E-state index in [1.54, 1.807) is 4.90 Å². The minimum absolute atomic E-state index is 0.0235. The van der Waals surface area contributed by atoms with E-state index in [2.05, 4.69) is 48.3 Å². The number of hydrogen-bond donors (Lipinski definition) is 2. The third-order valence-corrected chi connectivity index (χ3v) is 6.07. The highest BCUT2D eigenvalue weighted by Gasteiger charge is 2.22. The van der Waals surface area contributed by atoms with Gasteiger partial charge in [0, 0.05) is 12.1 Å². The largest absolute Gasteiger partial charge is 0.370 e. The van der Waals surface area contributed by atoms with Gasteiger partial charge >= 0.3 is 0 Å². The van der Waals surface area contributed by atoms with Crippen LogP contribution in [0, 0.1) is 5.41 Å². The van der Waals surface area contributed by atoms with Crippen LogP contribution in [-0.2, 0) is 6.42 Å². The fourth-order valence-electron chi connectivity index (χ4n) is 4.06. The van der Waals surface area contributed by atoms with Gasteiger partial charge in [0.15, 0.2) is 5.96 Å². The maximum absolute atomic E-state index is 7.78. The SMILES string of the molecule is CCCCCCCCCCCCc1ccc(-c2noc([C@H](C)N(CCC)C(=N)N)n2)cc1. The second kappa shape index (κ2) is 14.6. The van der Waals surface area contributed by atoms with Crippen molar-refractivity contribution in [3.8, 4) is 11.4 Å². The maximum Gasteiger partial charge on any atom is 0.249 e. The van der Waals surface area contributed by atoms with Gasteiger partial charge in [-0.2, -0.15) is 4.98 Å². The zero-order chi connectivity index (χ0) is 23.2. The summed E-state index contributed by atoms with van der Waals surface area (Å²) in [6.45, 7) is 6.94. The molecule has 32 heavy (non-hydrogen) atoms. The molecule has 3 N–H and O–H groups in total. The number of nitrogens with zero attached hydrogens (tertiary/aromatic N) is 3. The van der Waals surface area contributed by atoms with Gasteiger partial charge in [-0.05, 0) is 31.7 Å². The first-order chi connectivity index (χ1) is 15.6. The fraction of sp³-hybridized carbons (Fsp3) is 0.654. The molecule has 0 spiro atoms. The van der Waals surface area contributed by atoms with Gasteiger partial charge in [-0.25, -0.2) is 0 Å². The zero-order valence-electron chi connectivity index (χ0n) is 20.4. The lowest BCUT2D eigenvalue weighted by atomic mass is 10.0. The van der Waals surface area contributed by atoms with Gasteiger partial charge in [0.2, 0.25) is 11.7 Å². The molecule has 0 saturated carbocycles. The van der Waals surface area contributed by atoms with E-state index < -0.39 is 0 Å². The number of aryl methyl sites for hydroxylation is 1. The van der Waals surface area contributed by atoms with Crippen molar-refractivity contribution in [3.05, 3.63) is 35.7 Å². The Morgan fingerprint density at radius 1 is 0.938 bits per heavy atom. The molecular weight excluding hydrogens is 398 g/mol. The third-order valence-electron chi connectivity index (χ3n) is 6.07. The minimum Gasteiger partial charge on any atom is -0.370 e. The highest BCUT2D eigenvalue weighted by Crippen LogP contribution is 2.23. The predicted molar refractivity (Wildman–Crippen MR) is 133 cm³/mol. The van der Waals surface area contributed by atoms with Crippen molar-refractivity contribution in [3.63, 3.8) is 0 Å². The molecule has 0 amide bonds. The van der Waals surface area contributed by atoms with E-state index in [0.29, 0.717) is 18.3 Å². The number of nitrogens with one attached hydrogen (secondary N) is 1.